The molecule has 16 heavy (non-hydrogen) atoms. The lowest BCUT2D eigenvalue weighted by molar-refractivity contribution is 0.617. The van der Waals surface area contributed by atoms with E-state index in [-0.39, 0.29) is 11.4 Å². The number of allylic oxidation sites excluding steroid dienone is 1. The van der Waals surface area contributed by atoms with Gasteiger partial charge in [-0.3, -0.25) is 0 Å². The van der Waals surface area contributed by atoms with E-state index in [2.05, 4.69) is 21.2 Å². The van der Waals surface area contributed by atoms with E-state index in [4.69, 9.17) is 10.5 Å². The molecule has 0 unspecified atom stereocenters. The van der Waals surface area contributed by atoms with Crippen molar-refractivity contribution in [1.82, 2.24) is 5.32 Å². The van der Waals surface area contributed by atoms with Crippen LogP contribution >= 0.6 is 15.9 Å². The van der Waals surface area contributed by atoms with Crippen molar-refractivity contribution in [1.29, 1.82) is 10.5 Å². The number of nitriles is 2. The molecule has 1 rings (SSSR count). The van der Waals surface area contributed by atoms with Crippen LogP contribution in [0.2, 0.25) is 0 Å². The molecule has 5 heteroatoms. The highest BCUT2D eigenvalue weighted by Gasteiger charge is 2.03. The van der Waals surface area contributed by atoms with Crippen molar-refractivity contribution in [3.05, 3.63) is 45.8 Å². The summed E-state index contributed by atoms with van der Waals surface area (Å²) < 4.78 is 13.5. The zero-order chi connectivity index (χ0) is 12.0. The first-order valence-corrected chi connectivity index (χ1v) is 5.15. The molecule has 0 aliphatic rings. The van der Waals surface area contributed by atoms with Crippen molar-refractivity contribution < 1.29 is 4.39 Å². The van der Waals surface area contributed by atoms with E-state index in [0.29, 0.717) is 16.6 Å². The fourth-order valence-corrected chi connectivity index (χ4v) is 1.44. The lowest BCUT2D eigenvalue weighted by Gasteiger charge is -2.04. The van der Waals surface area contributed by atoms with Crippen molar-refractivity contribution >= 4 is 15.9 Å². The maximum Gasteiger partial charge on any atom is 0.145 e. The molecule has 0 aliphatic heterocycles. The van der Waals surface area contributed by atoms with Gasteiger partial charge in [-0.1, -0.05) is 12.1 Å². The summed E-state index contributed by atoms with van der Waals surface area (Å²) in [4.78, 5) is 0. The highest BCUT2D eigenvalue weighted by molar-refractivity contribution is 9.10. The van der Waals surface area contributed by atoms with E-state index in [1.54, 1.807) is 24.3 Å². The summed E-state index contributed by atoms with van der Waals surface area (Å²) in [6.07, 6.45) is 1.30. The van der Waals surface area contributed by atoms with Gasteiger partial charge < -0.3 is 5.32 Å². The number of hydrogen-bond donors (Lipinski definition) is 1. The Labute approximate surface area is 101 Å². The summed E-state index contributed by atoms with van der Waals surface area (Å²) in [5, 5.41) is 19.7. The Morgan fingerprint density at radius 2 is 2.12 bits per heavy atom. The summed E-state index contributed by atoms with van der Waals surface area (Å²) in [5.74, 6) is -0.343. The van der Waals surface area contributed by atoms with Gasteiger partial charge in [0.2, 0.25) is 0 Å². The maximum atomic E-state index is 13.1. The Morgan fingerprint density at radius 1 is 1.44 bits per heavy atom. The minimum absolute atomic E-state index is 0.0208. The molecule has 0 radical (unpaired) electrons. The van der Waals surface area contributed by atoms with Crippen LogP contribution in [0.1, 0.15) is 5.56 Å². The predicted molar refractivity (Wildman–Crippen MR) is 60.2 cm³/mol. The first kappa shape index (κ1) is 12.2. The van der Waals surface area contributed by atoms with Crippen LogP contribution in [-0.2, 0) is 6.54 Å². The largest absolute Gasteiger partial charge is 0.385 e. The standard InChI is InChI=1S/C11H7BrFN3/c12-11-9(2-1-3-10(11)13)7-16-6-8(4-14)5-15/h1-3,6,16H,7H2. The van der Waals surface area contributed by atoms with Gasteiger partial charge in [0.05, 0.1) is 4.47 Å². The fraction of sp³-hybridized carbons (Fsp3) is 0.0909. The van der Waals surface area contributed by atoms with Crippen LogP contribution in [0.5, 0.6) is 0 Å². The van der Waals surface area contributed by atoms with Gasteiger partial charge in [0.25, 0.3) is 0 Å². The van der Waals surface area contributed by atoms with Crippen LogP contribution < -0.4 is 5.32 Å². The van der Waals surface area contributed by atoms with Crippen molar-refractivity contribution in [2.75, 3.05) is 0 Å². The van der Waals surface area contributed by atoms with Crippen LogP contribution in [0.4, 0.5) is 4.39 Å². The second-order valence-electron chi connectivity index (χ2n) is 2.88. The molecule has 0 amide bonds. The average molecular weight is 280 g/mol. The maximum absolute atomic E-state index is 13.1. The average Bonchev–Trinajstić information content (AvgIpc) is 2.30. The number of nitrogens with zero attached hydrogens (tertiary/aromatic N) is 2. The Bertz CT molecular complexity index is 481. The van der Waals surface area contributed by atoms with E-state index in [1.807, 2.05) is 0 Å². The lowest BCUT2D eigenvalue weighted by atomic mass is 10.2. The molecule has 3 nitrogen and oxygen atoms in total. The number of rotatable bonds is 3. The van der Waals surface area contributed by atoms with Crippen molar-refractivity contribution in [2.24, 2.45) is 0 Å². The molecule has 0 aliphatic carbocycles. The first-order valence-electron chi connectivity index (χ1n) is 4.35. The molecule has 1 aromatic carbocycles. The van der Waals surface area contributed by atoms with Gasteiger partial charge in [-0.15, -0.1) is 0 Å². The quantitative estimate of drug-likeness (QED) is 0.866. The van der Waals surface area contributed by atoms with Gasteiger partial charge in [-0.25, -0.2) is 4.39 Å². The van der Waals surface area contributed by atoms with Crippen molar-refractivity contribution in [2.45, 2.75) is 6.54 Å². The van der Waals surface area contributed by atoms with Gasteiger partial charge in [0.1, 0.15) is 23.5 Å². The van der Waals surface area contributed by atoms with Crippen LogP contribution in [0.25, 0.3) is 0 Å². The molecule has 1 N–H and O–H groups in total. The summed E-state index contributed by atoms with van der Waals surface area (Å²) >= 11 is 3.12. The minimum atomic E-state index is -0.343. The van der Waals surface area contributed by atoms with E-state index in [1.165, 1.54) is 12.3 Å². The molecule has 0 aromatic heterocycles. The van der Waals surface area contributed by atoms with E-state index < -0.39 is 0 Å². The Kier molecular flexibility index (Phi) is 4.50. The second-order valence-corrected chi connectivity index (χ2v) is 3.67. The Morgan fingerprint density at radius 3 is 2.75 bits per heavy atom. The van der Waals surface area contributed by atoms with Gasteiger partial charge in [0, 0.05) is 12.7 Å². The summed E-state index contributed by atoms with van der Waals surface area (Å²) in [6, 6.07) is 8.11. The zero-order valence-electron chi connectivity index (χ0n) is 8.17. The molecular weight excluding hydrogens is 273 g/mol. The van der Waals surface area contributed by atoms with Crippen molar-refractivity contribution in [3.63, 3.8) is 0 Å². The molecule has 0 heterocycles. The number of hydrogen-bond acceptors (Lipinski definition) is 3. The smallest absolute Gasteiger partial charge is 0.145 e. The molecule has 0 atom stereocenters. The molecule has 0 saturated heterocycles. The molecule has 80 valence electrons. The highest BCUT2D eigenvalue weighted by Crippen LogP contribution is 2.19. The van der Waals surface area contributed by atoms with Gasteiger partial charge in [-0.2, -0.15) is 10.5 Å². The van der Waals surface area contributed by atoms with E-state index in [0.717, 1.165) is 0 Å². The first-order chi connectivity index (χ1) is 7.69. The summed E-state index contributed by atoms with van der Waals surface area (Å²) in [5.41, 5.74) is 0.694. The third-order valence-corrected chi connectivity index (χ3v) is 2.70. The summed E-state index contributed by atoms with van der Waals surface area (Å²) in [7, 11) is 0. The SMILES string of the molecule is N#CC(C#N)=CNCc1cccc(F)c1Br. The molecule has 0 bridgehead atoms. The molecule has 0 fully saturated rings. The lowest BCUT2D eigenvalue weighted by Crippen LogP contribution is -2.06. The van der Waals surface area contributed by atoms with E-state index in [9.17, 15) is 4.39 Å². The monoisotopic (exact) mass is 279 g/mol. The second kappa shape index (κ2) is 5.89. The number of halogens is 2. The van der Waals surface area contributed by atoms with E-state index >= 15 is 0 Å². The molecule has 0 spiro atoms. The van der Waals surface area contributed by atoms with Crippen LogP contribution in [0.15, 0.2) is 34.4 Å². The normalized spacial score (nSPS) is 8.75. The van der Waals surface area contributed by atoms with Crippen LogP contribution in [0, 0.1) is 28.5 Å². The number of nitrogens with one attached hydrogen (secondary N) is 1. The predicted octanol–water partition coefficient (Wildman–Crippen LogP) is 2.61. The highest BCUT2D eigenvalue weighted by atomic mass is 79.9. The van der Waals surface area contributed by atoms with Crippen molar-refractivity contribution in [3.8, 4) is 12.1 Å². The molecule has 0 saturated carbocycles. The third kappa shape index (κ3) is 3.08. The Hall–Kier alpha value is -1.85. The van der Waals surface area contributed by atoms with Crippen LogP contribution in [-0.4, -0.2) is 0 Å². The summed E-state index contributed by atoms with van der Waals surface area (Å²) in [6.45, 7) is 0.338. The van der Waals surface area contributed by atoms with Crippen LogP contribution in [0.3, 0.4) is 0 Å². The topological polar surface area (TPSA) is 59.6 Å². The zero-order valence-corrected chi connectivity index (χ0v) is 9.75. The number of benzene rings is 1. The fourth-order valence-electron chi connectivity index (χ4n) is 1.04. The van der Waals surface area contributed by atoms with Gasteiger partial charge >= 0.3 is 0 Å². The third-order valence-electron chi connectivity index (χ3n) is 1.81. The van der Waals surface area contributed by atoms with Gasteiger partial charge in [0.15, 0.2) is 0 Å². The molecule has 1 aromatic rings. The minimum Gasteiger partial charge on any atom is -0.385 e. The molecular formula is C11H7BrFN3. The Balaban J connectivity index is 2.71. The van der Waals surface area contributed by atoms with Gasteiger partial charge in [-0.05, 0) is 27.6 Å².